The average molecular weight is 225 g/mol. The summed E-state index contributed by atoms with van der Waals surface area (Å²) in [5, 5.41) is 8.67. The van der Waals surface area contributed by atoms with E-state index in [9.17, 15) is 4.79 Å². The third-order valence-corrected chi connectivity index (χ3v) is 4.14. The first-order valence-electron chi connectivity index (χ1n) is 5.25. The van der Waals surface area contributed by atoms with E-state index in [1.54, 1.807) is 11.3 Å². The van der Waals surface area contributed by atoms with Crippen molar-refractivity contribution in [3.63, 3.8) is 0 Å². The van der Waals surface area contributed by atoms with Crippen LogP contribution in [0.5, 0.6) is 0 Å². The molecule has 0 aliphatic heterocycles. The number of aryl methyl sites for hydroxylation is 2. The van der Waals surface area contributed by atoms with E-state index in [1.165, 1.54) is 23.3 Å². The summed E-state index contributed by atoms with van der Waals surface area (Å²) in [4.78, 5) is 13.0. The van der Waals surface area contributed by atoms with Crippen molar-refractivity contribution in [2.75, 3.05) is 0 Å². The van der Waals surface area contributed by atoms with E-state index in [1.807, 2.05) is 0 Å². The van der Waals surface area contributed by atoms with Gasteiger partial charge in [-0.15, -0.1) is 11.3 Å². The number of rotatable bonds is 3. The highest BCUT2D eigenvalue weighted by atomic mass is 32.1. The van der Waals surface area contributed by atoms with Crippen LogP contribution in [0.25, 0.3) is 0 Å². The molecule has 1 aromatic rings. The lowest BCUT2D eigenvalue weighted by molar-refractivity contribution is -0.137. The molecule has 1 aliphatic rings. The van der Waals surface area contributed by atoms with Crippen LogP contribution in [0.15, 0.2) is 6.07 Å². The summed E-state index contributed by atoms with van der Waals surface area (Å²) in [7, 11) is 0. The van der Waals surface area contributed by atoms with Crippen LogP contribution in [-0.2, 0) is 17.6 Å². The minimum atomic E-state index is -0.825. The quantitative estimate of drug-likeness (QED) is 0.828. The molecule has 1 unspecified atom stereocenters. The third kappa shape index (κ3) is 2.38. The van der Waals surface area contributed by atoms with E-state index in [4.69, 9.17) is 10.8 Å². The maximum absolute atomic E-state index is 10.6. The predicted molar refractivity (Wildman–Crippen MR) is 60.1 cm³/mol. The molecule has 0 bridgehead atoms. The molecule has 0 spiro atoms. The zero-order valence-electron chi connectivity index (χ0n) is 8.53. The summed E-state index contributed by atoms with van der Waals surface area (Å²) < 4.78 is 0. The molecule has 0 amide bonds. The van der Waals surface area contributed by atoms with Crippen LogP contribution < -0.4 is 5.73 Å². The first-order valence-corrected chi connectivity index (χ1v) is 6.07. The molecule has 82 valence electrons. The van der Waals surface area contributed by atoms with E-state index in [0.29, 0.717) is 0 Å². The fourth-order valence-electron chi connectivity index (χ4n) is 1.99. The molecule has 0 fully saturated rings. The normalized spacial score (nSPS) is 17.1. The fourth-order valence-corrected chi connectivity index (χ4v) is 3.24. The predicted octanol–water partition coefficient (Wildman–Crippen LogP) is 2.10. The number of nitrogens with two attached hydrogens (primary N) is 1. The lowest BCUT2D eigenvalue weighted by Gasteiger charge is -2.08. The second kappa shape index (κ2) is 4.33. The number of carbonyl (C=O) groups is 1. The number of aliphatic carboxylic acids is 1. The molecule has 3 nitrogen and oxygen atoms in total. The van der Waals surface area contributed by atoms with Crippen LogP contribution in [0.1, 0.15) is 40.6 Å². The van der Waals surface area contributed by atoms with Crippen molar-refractivity contribution in [3.8, 4) is 0 Å². The largest absolute Gasteiger partial charge is 0.481 e. The molecule has 15 heavy (non-hydrogen) atoms. The number of hydrogen-bond donors (Lipinski definition) is 2. The van der Waals surface area contributed by atoms with E-state index >= 15 is 0 Å². The lowest BCUT2D eigenvalue weighted by atomic mass is 9.98. The van der Waals surface area contributed by atoms with Gasteiger partial charge < -0.3 is 10.8 Å². The number of carboxylic acid groups (broad SMARTS) is 1. The summed E-state index contributed by atoms with van der Waals surface area (Å²) in [6.07, 6.45) is 4.79. The van der Waals surface area contributed by atoms with Crippen molar-refractivity contribution in [2.45, 2.75) is 38.1 Å². The Balaban J connectivity index is 2.15. The van der Waals surface area contributed by atoms with Crippen molar-refractivity contribution in [3.05, 3.63) is 21.4 Å². The second-order valence-corrected chi connectivity index (χ2v) is 5.18. The van der Waals surface area contributed by atoms with Gasteiger partial charge in [-0.25, -0.2) is 0 Å². The summed E-state index contributed by atoms with van der Waals surface area (Å²) in [5.74, 6) is -0.825. The standard InChI is InChI=1S/C11H15NO2S/c12-8(6-11(13)14)10-5-7-3-1-2-4-9(7)15-10/h5,8H,1-4,6,12H2,(H,13,14). The first-order chi connectivity index (χ1) is 7.16. The SMILES string of the molecule is NC(CC(=O)O)c1cc2c(s1)CCCC2. The third-order valence-electron chi connectivity index (χ3n) is 2.78. The second-order valence-electron chi connectivity index (χ2n) is 4.01. The molecule has 4 heteroatoms. The van der Waals surface area contributed by atoms with Gasteiger partial charge in [-0.2, -0.15) is 0 Å². The maximum Gasteiger partial charge on any atom is 0.305 e. The maximum atomic E-state index is 10.6. The van der Waals surface area contributed by atoms with Crippen LogP contribution in [0.3, 0.4) is 0 Å². The van der Waals surface area contributed by atoms with Gasteiger partial charge in [0.25, 0.3) is 0 Å². The molecule has 2 rings (SSSR count). The molecule has 0 saturated heterocycles. The Bertz CT molecular complexity index is 349. The average Bonchev–Trinajstić information content (AvgIpc) is 2.59. The summed E-state index contributed by atoms with van der Waals surface area (Å²) in [6.45, 7) is 0. The van der Waals surface area contributed by atoms with Crippen molar-refractivity contribution in [2.24, 2.45) is 5.73 Å². The van der Waals surface area contributed by atoms with Gasteiger partial charge in [-0.05, 0) is 37.3 Å². The molecule has 1 aliphatic carbocycles. The van der Waals surface area contributed by atoms with E-state index in [2.05, 4.69) is 6.07 Å². The first kappa shape index (κ1) is 10.6. The Kier molecular flexibility index (Phi) is 3.07. The van der Waals surface area contributed by atoms with Gasteiger partial charge in [-0.3, -0.25) is 4.79 Å². The lowest BCUT2D eigenvalue weighted by Crippen LogP contribution is -2.13. The van der Waals surface area contributed by atoms with Gasteiger partial charge in [0.05, 0.1) is 6.42 Å². The van der Waals surface area contributed by atoms with Gasteiger partial charge in [0.1, 0.15) is 0 Å². The van der Waals surface area contributed by atoms with Gasteiger partial charge in [-0.1, -0.05) is 0 Å². The summed E-state index contributed by atoms with van der Waals surface area (Å²) in [5.41, 5.74) is 7.23. The Labute approximate surface area is 92.9 Å². The summed E-state index contributed by atoms with van der Waals surface area (Å²) >= 11 is 1.70. The zero-order valence-corrected chi connectivity index (χ0v) is 9.35. The van der Waals surface area contributed by atoms with E-state index in [-0.39, 0.29) is 12.5 Å². The monoisotopic (exact) mass is 225 g/mol. The Morgan fingerprint density at radius 1 is 1.53 bits per heavy atom. The Hall–Kier alpha value is -0.870. The van der Waals surface area contributed by atoms with Crippen LogP contribution in [0.2, 0.25) is 0 Å². The van der Waals surface area contributed by atoms with Crippen LogP contribution >= 0.6 is 11.3 Å². The van der Waals surface area contributed by atoms with Gasteiger partial charge >= 0.3 is 5.97 Å². The van der Waals surface area contributed by atoms with Crippen LogP contribution in [0, 0.1) is 0 Å². The zero-order chi connectivity index (χ0) is 10.8. The summed E-state index contributed by atoms with van der Waals surface area (Å²) in [6, 6.07) is 1.77. The van der Waals surface area contributed by atoms with Crippen molar-refractivity contribution in [1.82, 2.24) is 0 Å². The molecule has 1 aromatic heterocycles. The van der Waals surface area contributed by atoms with E-state index in [0.717, 1.165) is 17.7 Å². The number of hydrogen-bond acceptors (Lipinski definition) is 3. The Morgan fingerprint density at radius 3 is 2.93 bits per heavy atom. The minimum absolute atomic E-state index is 0.0272. The molecule has 0 radical (unpaired) electrons. The topological polar surface area (TPSA) is 63.3 Å². The van der Waals surface area contributed by atoms with Gasteiger partial charge in [0.2, 0.25) is 0 Å². The van der Waals surface area contributed by atoms with E-state index < -0.39 is 5.97 Å². The molecular formula is C11H15NO2S. The molecule has 3 N–H and O–H groups in total. The minimum Gasteiger partial charge on any atom is -0.481 e. The molecule has 0 aromatic carbocycles. The highest BCUT2D eigenvalue weighted by Gasteiger charge is 2.18. The Morgan fingerprint density at radius 2 is 2.27 bits per heavy atom. The van der Waals surface area contributed by atoms with Crippen LogP contribution in [-0.4, -0.2) is 11.1 Å². The highest BCUT2D eigenvalue weighted by Crippen LogP contribution is 2.32. The van der Waals surface area contributed by atoms with Crippen molar-refractivity contribution in [1.29, 1.82) is 0 Å². The van der Waals surface area contributed by atoms with Crippen LogP contribution in [0.4, 0.5) is 0 Å². The van der Waals surface area contributed by atoms with Gasteiger partial charge in [0, 0.05) is 15.8 Å². The number of carboxylic acids is 1. The van der Waals surface area contributed by atoms with Gasteiger partial charge in [0.15, 0.2) is 0 Å². The van der Waals surface area contributed by atoms with Crippen molar-refractivity contribution < 1.29 is 9.90 Å². The smallest absolute Gasteiger partial charge is 0.305 e. The number of thiophene rings is 1. The van der Waals surface area contributed by atoms with Crippen molar-refractivity contribution >= 4 is 17.3 Å². The highest BCUT2D eigenvalue weighted by molar-refractivity contribution is 7.12. The number of fused-ring (bicyclic) bond motifs is 1. The molecule has 1 atom stereocenters. The molecule has 1 heterocycles. The molecular weight excluding hydrogens is 210 g/mol. The fraction of sp³-hybridized carbons (Fsp3) is 0.545. The molecule has 0 saturated carbocycles.